The fourth-order valence-electron chi connectivity index (χ4n) is 3.54. The highest BCUT2D eigenvalue weighted by Crippen LogP contribution is 2.48. The van der Waals surface area contributed by atoms with Crippen molar-refractivity contribution in [3.05, 3.63) is 10.7 Å². The van der Waals surface area contributed by atoms with Crippen LogP contribution in [0.4, 0.5) is 0 Å². The maximum absolute atomic E-state index is 12.4. The average molecular weight is 321 g/mol. The molecule has 2 bridgehead atoms. The second-order valence-electron chi connectivity index (χ2n) is 5.65. The van der Waals surface area contributed by atoms with Gasteiger partial charge in [0.1, 0.15) is 0 Å². The number of halogens is 1. The first kappa shape index (κ1) is 13.8. The summed E-state index contributed by atoms with van der Waals surface area (Å²) in [6.07, 6.45) is 6.44. The van der Waals surface area contributed by atoms with Crippen LogP contribution >= 0.6 is 22.9 Å². The van der Waals surface area contributed by atoms with E-state index in [0.29, 0.717) is 12.5 Å². The van der Waals surface area contributed by atoms with Crippen LogP contribution < -0.4 is 0 Å². The first-order valence-electron chi connectivity index (χ1n) is 6.54. The molecule has 4 nitrogen and oxygen atoms in total. The lowest BCUT2D eigenvalue weighted by molar-refractivity contribution is 0.280. The van der Waals surface area contributed by atoms with E-state index in [1.54, 1.807) is 7.05 Å². The van der Waals surface area contributed by atoms with Crippen molar-refractivity contribution in [2.45, 2.75) is 29.9 Å². The number of hydrogen-bond acceptors (Lipinski definition) is 4. The van der Waals surface area contributed by atoms with Gasteiger partial charge in [0, 0.05) is 13.6 Å². The Balaban J connectivity index is 1.71. The van der Waals surface area contributed by atoms with Crippen molar-refractivity contribution in [1.82, 2.24) is 9.29 Å². The van der Waals surface area contributed by atoms with Gasteiger partial charge >= 0.3 is 0 Å². The maximum atomic E-state index is 12.4. The number of rotatable bonds is 4. The molecule has 0 amide bonds. The third-order valence-corrected chi connectivity index (χ3v) is 7.87. The van der Waals surface area contributed by atoms with E-state index in [4.69, 9.17) is 11.6 Å². The van der Waals surface area contributed by atoms with E-state index in [2.05, 4.69) is 4.98 Å². The van der Waals surface area contributed by atoms with Crippen LogP contribution in [-0.4, -0.2) is 31.3 Å². The number of sulfonamides is 1. The minimum absolute atomic E-state index is 0.239. The third-order valence-electron chi connectivity index (χ3n) is 4.50. The summed E-state index contributed by atoms with van der Waals surface area (Å²) in [4.78, 5) is 3.81. The zero-order valence-electron chi connectivity index (χ0n) is 10.8. The first-order valence-corrected chi connectivity index (χ1v) is 9.18. The van der Waals surface area contributed by atoms with Crippen LogP contribution in [0, 0.1) is 17.8 Å². The van der Waals surface area contributed by atoms with Gasteiger partial charge in [0.05, 0.1) is 6.20 Å². The van der Waals surface area contributed by atoms with E-state index in [-0.39, 0.29) is 8.68 Å². The SMILES string of the molecule is CN(CC1CC2CCC1C2)S(=O)(=O)c1cnc(Cl)s1. The fraction of sp³-hybridized carbons (Fsp3) is 0.750. The molecule has 2 saturated carbocycles. The largest absolute Gasteiger partial charge is 0.253 e. The third kappa shape index (κ3) is 2.55. The Bertz CT molecular complexity index is 572. The monoisotopic (exact) mass is 320 g/mol. The van der Waals surface area contributed by atoms with E-state index in [1.807, 2.05) is 0 Å². The molecule has 2 aliphatic rings. The second-order valence-corrected chi connectivity index (χ2v) is 9.54. The molecule has 3 rings (SSSR count). The number of nitrogens with zero attached hydrogens (tertiary/aromatic N) is 2. The Morgan fingerprint density at radius 1 is 1.47 bits per heavy atom. The minimum Gasteiger partial charge on any atom is -0.232 e. The molecule has 106 valence electrons. The van der Waals surface area contributed by atoms with Crippen LogP contribution in [0.2, 0.25) is 4.47 Å². The van der Waals surface area contributed by atoms with Crippen LogP contribution in [0.3, 0.4) is 0 Å². The van der Waals surface area contributed by atoms with Crippen molar-refractivity contribution in [2.24, 2.45) is 17.8 Å². The average Bonchev–Trinajstić information content (AvgIpc) is 3.04. The van der Waals surface area contributed by atoms with Gasteiger partial charge in [-0.25, -0.2) is 13.4 Å². The summed E-state index contributed by atoms with van der Waals surface area (Å²) in [5.41, 5.74) is 0. The highest BCUT2D eigenvalue weighted by Gasteiger charge is 2.41. The molecule has 0 saturated heterocycles. The number of aromatic nitrogens is 1. The molecule has 0 radical (unpaired) electrons. The Kier molecular flexibility index (Phi) is 3.62. The van der Waals surface area contributed by atoms with Gasteiger partial charge in [0.15, 0.2) is 8.68 Å². The van der Waals surface area contributed by atoms with Gasteiger partial charge in [-0.15, -0.1) is 0 Å². The first-order chi connectivity index (χ1) is 8.96. The molecular weight excluding hydrogens is 304 g/mol. The number of fused-ring (bicyclic) bond motifs is 2. The quantitative estimate of drug-likeness (QED) is 0.857. The van der Waals surface area contributed by atoms with Crippen molar-refractivity contribution in [3.63, 3.8) is 0 Å². The van der Waals surface area contributed by atoms with E-state index in [1.165, 1.54) is 36.2 Å². The van der Waals surface area contributed by atoms with Gasteiger partial charge in [-0.2, -0.15) is 4.31 Å². The highest BCUT2D eigenvalue weighted by molar-refractivity contribution is 7.91. The van der Waals surface area contributed by atoms with Crippen LogP contribution in [0.1, 0.15) is 25.7 Å². The second kappa shape index (κ2) is 4.98. The topological polar surface area (TPSA) is 50.3 Å². The van der Waals surface area contributed by atoms with E-state index in [9.17, 15) is 8.42 Å². The molecule has 7 heteroatoms. The molecule has 1 aromatic heterocycles. The summed E-state index contributed by atoms with van der Waals surface area (Å²) < 4.78 is 26.7. The van der Waals surface area contributed by atoms with Crippen molar-refractivity contribution >= 4 is 33.0 Å². The normalized spacial score (nSPS) is 30.4. The van der Waals surface area contributed by atoms with Crippen molar-refractivity contribution in [3.8, 4) is 0 Å². The predicted molar refractivity (Wildman–Crippen MR) is 75.9 cm³/mol. The Morgan fingerprint density at radius 3 is 2.79 bits per heavy atom. The molecule has 0 N–H and O–H groups in total. The van der Waals surface area contributed by atoms with Gasteiger partial charge < -0.3 is 0 Å². The van der Waals surface area contributed by atoms with E-state index in [0.717, 1.165) is 23.2 Å². The van der Waals surface area contributed by atoms with Crippen LogP contribution in [-0.2, 0) is 10.0 Å². The molecule has 3 unspecified atom stereocenters. The van der Waals surface area contributed by atoms with Crippen molar-refractivity contribution < 1.29 is 8.42 Å². The predicted octanol–water partition coefficient (Wildman–Crippen LogP) is 2.85. The smallest absolute Gasteiger partial charge is 0.232 e. The summed E-state index contributed by atoms with van der Waals surface area (Å²) >= 11 is 6.74. The molecule has 1 heterocycles. The van der Waals surface area contributed by atoms with E-state index < -0.39 is 10.0 Å². The molecule has 2 aliphatic carbocycles. The Hall–Kier alpha value is -0.170. The summed E-state index contributed by atoms with van der Waals surface area (Å²) in [6.45, 7) is 0.624. The van der Waals surface area contributed by atoms with Crippen LogP contribution in [0.25, 0.3) is 0 Å². The minimum atomic E-state index is -3.42. The Labute approximate surface area is 122 Å². The molecule has 0 aliphatic heterocycles. The van der Waals surface area contributed by atoms with Crippen molar-refractivity contribution in [1.29, 1.82) is 0 Å². The van der Waals surface area contributed by atoms with Gasteiger partial charge in [-0.3, -0.25) is 0 Å². The Morgan fingerprint density at radius 2 is 2.26 bits per heavy atom. The molecule has 19 heavy (non-hydrogen) atoms. The van der Waals surface area contributed by atoms with Crippen LogP contribution in [0.5, 0.6) is 0 Å². The zero-order valence-corrected chi connectivity index (χ0v) is 13.1. The number of thiazole rings is 1. The molecular formula is C12H17ClN2O2S2. The van der Waals surface area contributed by atoms with Gasteiger partial charge in [0.2, 0.25) is 0 Å². The van der Waals surface area contributed by atoms with Gasteiger partial charge in [0.25, 0.3) is 10.0 Å². The summed E-state index contributed by atoms with van der Waals surface area (Å²) in [5, 5.41) is 0. The lowest BCUT2D eigenvalue weighted by Crippen LogP contribution is -2.33. The maximum Gasteiger partial charge on any atom is 0.253 e. The van der Waals surface area contributed by atoms with Crippen LogP contribution in [0.15, 0.2) is 10.4 Å². The molecule has 3 atom stereocenters. The van der Waals surface area contributed by atoms with E-state index >= 15 is 0 Å². The van der Waals surface area contributed by atoms with Gasteiger partial charge in [-0.05, 0) is 37.0 Å². The molecule has 0 aromatic carbocycles. The number of hydrogen-bond donors (Lipinski definition) is 0. The molecule has 1 aromatic rings. The van der Waals surface area contributed by atoms with Gasteiger partial charge in [-0.1, -0.05) is 29.4 Å². The standard InChI is InChI=1S/C12H17ClN2O2S2/c1-15(7-10-5-8-2-3-9(10)4-8)19(16,17)11-6-14-12(13)18-11/h6,8-10H,2-5,7H2,1H3. The lowest BCUT2D eigenvalue weighted by Gasteiger charge is -2.26. The fourth-order valence-corrected chi connectivity index (χ4v) is 6.27. The summed E-state index contributed by atoms with van der Waals surface area (Å²) in [6, 6.07) is 0. The lowest BCUT2D eigenvalue weighted by atomic mass is 9.89. The van der Waals surface area contributed by atoms with Crippen molar-refractivity contribution in [2.75, 3.05) is 13.6 Å². The zero-order chi connectivity index (χ0) is 13.6. The molecule has 0 spiro atoms. The molecule has 2 fully saturated rings. The highest BCUT2D eigenvalue weighted by atomic mass is 35.5. The summed E-state index contributed by atoms with van der Waals surface area (Å²) in [7, 11) is -1.76. The summed E-state index contributed by atoms with van der Waals surface area (Å²) in [5.74, 6) is 2.10.